The van der Waals surface area contributed by atoms with Crippen molar-refractivity contribution < 1.29 is 14.3 Å². The molecule has 0 radical (unpaired) electrons. The van der Waals surface area contributed by atoms with Crippen LogP contribution in [0.25, 0.3) is 0 Å². The number of rotatable bonds is 4. The molecule has 1 fully saturated rings. The number of carbonyl (C=O) groups excluding carboxylic acids is 1. The maximum atomic E-state index is 12.4. The Kier molecular flexibility index (Phi) is 5.55. The number of amides is 1. The SMILES string of the molecule is C=CCN1CC(=O)N2CCc3cc(OC)c(OC)cc3C2C1.Cl. The van der Waals surface area contributed by atoms with Crippen LogP contribution in [0.1, 0.15) is 17.2 Å². The first-order valence-corrected chi connectivity index (χ1v) is 7.55. The van der Waals surface area contributed by atoms with E-state index < -0.39 is 0 Å². The zero-order chi connectivity index (χ0) is 15.7. The molecule has 0 aliphatic carbocycles. The van der Waals surface area contributed by atoms with Crippen LogP contribution in [-0.2, 0) is 11.2 Å². The fourth-order valence-corrected chi connectivity index (χ4v) is 3.44. The summed E-state index contributed by atoms with van der Waals surface area (Å²) in [6.07, 6.45) is 2.71. The third-order valence-corrected chi connectivity index (χ3v) is 4.50. The van der Waals surface area contributed by atoms with Gasteiger partial charge >= 0.3 is 0 Å². The predicted octanol–water partition coefficient (Wildman–Crippen LogP) is 2.05. The summed E-state index contributed by atoms with van der Waals surface area (Å²) in [4.78, 5) is 16.5. The first-order valence-electron chi connectivity index (χ1n) is 7.55. The normalized spacial score (nSPS) is 20.2. The molecule has 1 saturated heterocycles. The monoisotopic (exact) mass is 338 g/mol. The molecule has 0 saturated carbocycles. The van der Waals surface area contributed by atoms with Gasteiger partial charge in [-0.3, -0.25) is 9.69 Å². The van der Waals surface area contributed by atoms with Crippen LogP contribution < -0.4 is 9.47 Å². The van der Waals surface area contributed by atoms with E-state index in [0.29, 0.717) is 6.54 Å². The van der Waals surface area contributed by atoms with E-state index in [1.165, 1.54) is 11.1 Å². The largest absolute Gasteiger partial charge is 0.493 e. The number of hydrogen-bond donors (Lipinski definition) is 0. The van der Waals surface area contributed by atoms with Gasteiger partial charge < -0.3 is 14.4 Å². The zero-order valence-electron chi connectivity index (χ0n) is 13.6. The Hall–Kier alpha value is -1.72. The summed E-state index contributed by atoms with van der Waals surface area (Å²) < 4.78 is 10.8. The van der Waals surface area contributed by atoms with Gasteiger partial charge in [-0.2, -0.15) is 0 Å². The van der Waals surface area contributed by atoms with Crippen LogP contribution in [0.4, 0.5) is 0 Å². The highest BCUT2D eigenvalue weighted by molar-refractivity contribution is 5.85. The van der Waals surface area contributed by atoms with Crippen molar-refractivity contribution >= 4 is 18.3 Å². The Bertz CT molecular complexity index is 606. The number of hydrogen-bond acceptors (Lipinski definition) is 4. The quantitative estimate of drug-likeness (QED) is 0.788. The average Bonchev–Trinajstić information content (AvgIpc) is 2.53. The number of halogens is 1. The lowest BCUT2D eigenvalue weighted by Gasteiger charge is -2.44. The molecule has 0 N–H and O–H groups in total. The number of carbonyl (C=O) groups is 1. The average molecular weight is 339 g/mol. The Morgan fingerprint density at radius 1 is 1.30 bits per heavy atom. The highest BCUT2D eigenvalue weighted by atomic mass is 35.5. The van der Waals surface area contributed by atoms with Crippen molar-refractivity contribution in [3.63, 3.8) is 0 Å². The summed E-state index contributed by atoms with van der Waals surface area (Å²) in [5.74, 6) is 1.66. The first-order chi connectivity index (χ1) is 10.7. The number of methoxy groups -OCH3 is 2. The van der Waals surface area contributed by atoms with Crippen LogP contribution in [0.3, 0.4) is 0 Å². The summed E-state index contributed by atoms with van der Waals surface area (Å²) >= 11 is 0. The minimum absolute atomic E-state index is 0. The smallest absolute Gasteiger partial charge is 0.237 e. The molecule has 2 heterocycles. The molecule has 1 aromatic carbocycles. The molecule has 0 spiro atoms. The van der Waals surface area contributed by atoms with Crippen LogP contribution in [0, 0.1) is 0 Å². The van der Waals surface area contributed by atoms with Gasteiger partial charge in [0, 0.05) is 19.6 Å². The Morgan fingerprint density at radius 2 is 2.00 bits per heavy atom. The third kappa shape index (κ3) is 3.16. The molecule has 23 heavy (non-hydrogen) atoms. The number of ether oxygens (including phenoxy) is 2. The van der Waals surface area contributed by atoms with Gasteiger partial charge in [-0.05, 0) is 29.7 Å². The molecule has 2 aliphatic rings. The van der Waals surface area contributed by atoms with E-state index in [4.69, 9.17) is 9.47 Å². The van der Waals surface area contributed by atoms with Crippen molar-refractivity contribution in [2.45, 2.75) is 12.5 Å². The Labute approximate surface area is 143 Å². The van der Waals surface area contributed by atoms with Gasteiger partial charge in [0.2, 0.25) is 5.91 Å². The molecule has 2 aliphatic heterocycles. The Balaban J connectivity index is 0.00000192. The number of nitrogens with zero attached hydrogens (tertiary/aromatic N) is 2. The molecule has 1 unspecified atom stereocenters. The molecule has 1 amide bonds. The summed E-state index contributed by atoms with van der Waals surface area (Å²) in [7, 11) is 3.29. The molecule has 3 rings (SSSR count). The first kappa shape index (κ1) is 17.6. The van der Waals surface area contributed by atoms with Crippen LogP contribution >= 0.6 is 12.4 Å². The van der Waals surface area contributed by atoms with Gasteiger partial charge in [-0.1, -0.05) is 6.08 Å². The van der Waals surface area contributed by atoms with Gasteiger partial charge in [0.1, 0.15) is 0 Å². The zero-order valence-corrected chi connectivity index (χ0v) is 14.4. The van der Waals surface area contributed by atoms with Crippen molar-refractivity contribution in [1.82, 2.24) is 9.80 Å². The van der Waals surface area contributed by atoms with E-state index in [1.807, 2.05) is 23.1 Å². The van der Waals surface area contributed by atoms with Crippen molar-refractivity contribution in [2.24, 2.45) is 0 Å². The lowest BCUT2D eigenvalue weighted by Crippen LogP contribution is -2.54. The molecular weight excluding hydrogens is 316 g/mol. The van der Waals surface area contributed by atoms with Gasteiger partial charge in [-0.25, -0.2) is 0 Å². The number of benzene rings is 1. The van der Waals surface area contributed by atoms with Gasteiger partial charge in [0.15, 0.2) is 11.5 Å². The predicted molar refractivity (Wildman–Crippen MR) is 91.6 cm³/mol. The van der Waals surface area contributed by atoms with Crippen LogP contribution in [0.5, 0.6) is 11.5 Å². The molecule has 0 bridgehead atoms. The lowest BCUT2D eigenvalue weighted by atomic mass is 9.90. The van der Waals surface area contributed by atoms with E-state index in [1.54, 1.807) is 14.2 Å². The van der Waals surface area contributed by atoms with Crippen LogP contribution in [0.2, 0.25) is 0 Å². The molecule has 6 heteroatoms. The second kappa shape index (κ2) is 7.23. The number of fused-ring (bicyclic) bond motifs is 3. The molecule has 1 atom stereocenters. The molecular formula is C17H23ClN2O3. The van der Waals surface area contributed by atoms with Crippen molar-refractivity contribution in [2.75, 3.05) is 40.4 Å². The fourth-order valence-electron chi connectivity index (χ4n) is 3.44. The minimum Gasteiger partial charge on any atom is -0.493 e. The van der Waals surface area contributed by atoms with Crippen molar-refractivity contribution in [3.05, 3.63) is 35.9 Å². The van der Waals surface area contributed by atoms with Crippen LogP contribution in [-0.4, -0.2) is 56.1 Å². The van der Waals surface area contributed by atoms with Gasteiger partial charge in [-0.15, -0.1) is 19.0 Å². The highest BCUT2D eigenvalue weighted by Gasteiger charge is 2.37. The summed E-state index contributed by atoms with van der Waals surface area (Å²) in [6.45, 7) is 6.59. The molecule has 1 aromatic rings. The number of piperazine rings is 1. The second-order valence-electron chi connectivity index (χ2n) is 5.74. The van der Waals surface area contributed by atoms with E-state index in [9.17, 15) is 4.79 Å². The van der Waals surface area contributed by atoms with E-state index in [-0.39, 0.29) is 24.4 Å². The standard InChI is InChI=1S/C17H22N2O3.ClH/c1-4-6-18-10-14-13-9-16(22-3)15(21-2)8-12(13)5-7-19(14)17(20)11-18;/h4,8-9,14H,1,5-7,10-11H2,2-3H3;1H. The van der Waals surface area contributed by atoms with E-state index >= 15 is 0 Å². The summed E-state index contributed by atoms with van der Waals surface area (Å²) in [6, 6.07) is 4.16. The molecule has 5 nitrogen and oxygen atoms in total. The second-order valence-corrected chi connectivity index (χ2v) is 5.74. The lowest BCUT2D eigenvalue weighted by molar-refractivity contribution is -0.140. The topological polar surface area (TPSA) is 42.0 Å². The van der Waals surface area contributed by atoms with Crippen LogP contribution in [0.15, 0.2) is 24.8 Å². The maximum Gasteiger partial charge on any atom is 0.237 e. The Morgan fingerprint density at radius 3 is 2.65 bits per heavy atom. The molecule has 0 aromatic heterocycles. The summed E-state index contributed by atoms with van der Waals surface area (Å²) in [5.41, 5.74) is 2.41. The van der Waals surface area contributed by atoms with Gasteiger partial charge in [0.05, 0.1) is 26.8 Å². The third-order valence-electron chi connectivity index (χ3n) is 4.50. The maximum absolute atomic E-state index is 12.4. The van der Waals surface area contributed by atoms with Crippen molar-refractivity contribution in [3.8, 4) is 11.5 Å². The van der Waals surface area contributed by atoms with E-state index in [2.05, 4.69) is 11.5 Å². The highest BCUT2D eigenvalue weighted by Crippen LogP contribution is 2.39. The van der Waals surface area contributed by atoms with E-state index in [0.717, 1.165) is 37.6 Å². The minimum atomic E-state index is 0. The summed E-state index contributed by atoms with van der Waals surface area (Å²) in [5, 5.41) is 0. The fraction of sp³-hybridized carbons (Fsp3) is 0.471. The molecule has 126 valence electrons. The van der Waals surface area contributed by atoms with Gasteiger partial charge in [0.25, 0.3) is 0 Å². The van der Waals surface area contributed by atoms with Crippen molar-refractivity contribution in [1.29, 1.82) is 0 Å².